The number of nitrogens with zero attached hydrogens (tertiary/aromatic N) is 1. The van der Waals surface area contributed by atoms with Gasteiger partial charge in [0.15, 0.2) is 11.6 Å². The zero-order chi connectivity index (χ0) is 14.0. The van der Waals surface area contributed by atoms with E-state index in [4.69, 9.17) is 0 Å². The molecule has 1 saturated heterocycles. The second-order valence-corrected chi connectivity index (χ2v) is 4.32. The molecule has 1 fully saturated rings. The van der Waals surface area contributed by atoms with Crippen molar-refractivity contribution in [1.29, 1.82) is 0 Å². The van der Waals surface area contributed by atoms with Gasteiger partial charge in [0.2, 0.25) is 0 Å². The minimum absolute atomic E-state index is 0. The molecule has 0 saturated carbocycles. The van der Waals surface area contributed by atoms with Crippen LogP contribution < -0.4 is 5.32 Å². The predicted octanol–water partition coefficient (Wildman–Crippen LogP) is 3.16. The van der Waals surface area contributed by atoms with Crippen LogP contribution in [0.4, 0.5) is 22.0 Å². The van der Waals surface area contributed by atoms with E-state index in [2.05, 4.69) is 5.32 Å². The molecule has 0 bridgehead atoms. The van der Waals surface area contributed by atoms with Crippen molar-refractivity contribution in [1.82, 2.24) is 10.2 Å². The maximum Gasteiger partial charge on any atom is 0.258 e. The number of piperazine rings is 1. The molecule has 0 aromatic heterocycles. The summed E-state index contributed by atoms with van der Waals surface area (Å²) in [6.45, 7) is 1.35. The molecule has 1 N–H and O–H groups in total. The van der Waals surface area contributed by atoms with E-state index < -0.39 is 35.5 Å². The van der Waals surface area contributed by atoms with Crippen LogP contribution in [0.2, 0.25) is 0 Å². The molecule has 1 aliphatic rings. The first-order valence-electron chi connectivity index (χ1n) is 5.88. The fraction of sp³-hybridized carbons (Fsp3) is 0.500. The lowest BCUT2D eigenvalue weighted by Gasteiger charge is -2.34. The molecular weight excluding hydrogens is 338 g/mol. The minimum atomic E-state index is -3.00. The number of benzene rings is 1. The zero-order valence-electron chi connectivity index (χ0n) is 10.8. The fourth-order valence-corrected chi connectivity index (χ4v) is 2.24. The van der Waals surface area contributed by atoms with Crippen LogP contribution in [0.1, 0.15) is 11.6 Å². The summed E-state index contributed by atoms with van der Waals surface area (Å²) in [6, 6.07) is -0.502. The summed E-state index contributed by atoms with van der Waals surface area (Å²) in [5, 5.41) is 2.95. The average Bonchev–Trinajstić information content (AvgIpc) is 2.39. The molecular formula is C12H15Cl2F5N2. The summed E-state index contributed by atoms with van der Waals surface area (Å²) in [4.78, 5) is 1.27. The van der Waals surface area contributed by atoms with E-state index in [1.54, 1.807) is 0 Å². The highest BCUT2D eigenvalue weighted by Gasteiger charge is 2.35. The van der Waals surface area contributed by atoms with Gasteiger partial charge < -0.3 is 5.32 Å². The summed E-state index contributed by atoms with van der Waals surface area (Å²) >= 11 is 0. The van der Waals surface area contributed by atoms with E-state index in [0.29, 0.717) is 25.2 Å². The van der Waals surface area contributed by atoms with Crippen LogP contribution in [0.3, 0.4) is 0 Å². The quantitative estimate of drug-likeness (QED) is 0.664. The van der Waals surface area contributed by atoms with Gasteiger partial charge in [-0.2, -0.15) is 0 Å². The Morgan fingerprint density at radius 2 is 1.48 bits per heavy atom. The highest BCUT2D eigenvalue weighted by atomic mass is 35.5. The molecule has 0 radical (unpaired) electrons. The number of alkyl halides is 2. The molecule has 0 amide bonds. The fourth-order valence-electron chi connectivity index (χ4n) is 2.24. The third-order valence-electron chi connectivity index (χ3n) is 3.16. The van der Waals surface area contributed by atoms with Gasteiger partial charge in [-0.05, 0) is 12.1 Å². The Morgan fingerprint density at radius 3 is 2.00 bits per heavy atom. The van der Waals surface area contributed by atoms with Gasteiger partial charge in [0, 0.05) is 31.7 Å². The Balaban J connectivity index is 0.00000200. The van der Waals surface area contributed by atoms with Crippen LogP contribution in [-0.2, 0) is 0 Å². The lowest BCUT2D eigenvalue weighted by Crippen LogP contribution is -2.47. The van der Waals surface area contributed by atoms with Crippen LogP contribution in [-0.4, -0.2) is 37.5 Å². The Kier molecular flexibility index (Phi) is 8.46. The third-order valence-corrected chi connectivity index (χ3v) is 3.16. The van der Waals surface area contributed by atoms with Gasteiger partial charge in [-0.25, -0.2) is 22.0 Å². The number of halogens is 7. The Labute approximate surface area is 131 Å². The van der Waals surface area contributed by atoms with Crippen molar-refractivity contribution in [2.75, 3.05) is 26.2 Å². The topological polar surface area (TPSA) is 15.3 Å². The molecule has 9 heteroatoms. The van der Waals surface area contributed by atoms with Gasteiger partial charge in [0.05, 0.1) is 0 Å². The van der Waals surface area contributed by atoms with Crippen molar-refractivity contribution in [3.05, 3.63) is 35.1 Å². The maximum atomic E-state index is 13.6. The van der Waals surface area contributed by atoms with E-state index in [-0.39, 0.29) is 37.9 Å². The van der Waals surface area contributed by atoms with Crippen molar-refractivity contribution in [2.24, 2.45) is 0 Å². The van der Waals surface area contributed by atoms with Crippen LogP contribution in [0.5, 0.6) is 0 Å². The summed E-state index contributed by atoms with van der Waals surface area (Å²) in [5.41, 5.74) is -0.892. The van der Waals surface area contributed by atoms with Gasteiger partial charge >= 0.3 is 0 Å². The molecule has 0 aliphatic carbocycles. The summed E-state index contributed by atoms with van der Waals surface area (Å²) in [5.74, 6) is -4.01. The smallest absolute Gasteiger partial charge is 0.258 e. The first kappa shape index (κ1) is 20.4. The highest BCUT2D eigenvalue weighted by Crippen LogP contribution is 2.32. The Bertz CT molecular complexity index is 456. The van der Waals surface area contributed by atoms with Crippen molar-refractivity contribution in [3.63, 3.8) is 0 Å². The first-order valence-corrected chi connectivity index (χ1v) is 5.88. The van der Waals surface area contributed by atoms with Crippen LogP contribution in [0.15, 0.2) is 12.1 Å². The van der Waals surface area contributed by atoms with Gasteiger partial charge in [-0.3, -0.25) is 4.90 Å². The van der Waals surface area contributed by atoms with Crippen LogP contribution >= 0.6 is 24.8 Å². The summed E-state index contributed by atoms with van der Waals surface area (Å²) in [6.07, 6.45) is -3.00. The Morgan fingerprint density at radius 1 is 0.952 bits per heavy atom. The van der Waals surface area contributed by atoms with Crippen molar-refractivity contribution in [3.8, 4) is 0 Å². The van der Waals surface area contributed by atoms with E-state index in [0.717, 1.165) is 0 Å². The second kappa shape index (κ2) is 8.73. The Hall–Kier alpha value is -0.630. The highest BCUT2D eigenvalue weighted by molar-refractivity contribution is 5.85. The molecule has 1 aromatic carbocycles. The van der Waals surface area contributed by atoms with Gasteiger partial charge in [-0.1, -0.05) is 0 Å². The molecule has 1 heterocycles. The van der Waals surface area contributed by atoms with Crippen molar-refractivity contribution >= 4 is 24.8 Å². The third kappa shape index (κ3) is 4.42. The normalized spacial score (nSPS) is 17.0. The lowest BCUT2D eigenvalue weighted by atomic mass is 10.0. The van der Waals surface area contributed by atoms with Crippen LogP contribution in [0.25, 0.3) is 0 Å². The standard InChI is InChI=1S/C12H13F5N2.2ClH/c13-7-1-2-8(14)10(15)9(7)11(12(16)17)19-5-3-18-4-6-19;;/h1-2,11-12,18H,3-6H2;2*1H/t11-;;/m1../s1. The van der Waals surface area contributed by atoms with Crippen molar-refractivity contribution < 1.29 is 22.0 Å². The molecule has 1 atom stereocenters. The number of hydrogen-bond acceptors (Lipinski definition) is 2. The molecule has 0 spiro atoms. The largest absolute Gasteiger partial charge is 0.314 e. The van der Waals surface area contributed by atoms with E-state index in [1.165, 1.54) is 4.90 Å². The van der Waals surface area contributed by atoms with Gasteiger partial charge in [-0.15, -0.1) is 24.8 Å². The molecule has 2 rings (SSSR count). The first-order chi connectivity index (χ1) is 9.02. The lowest BCUT2D eigenvalue weighted by molar-refractivity contribution is 0.0142. The molecule has 0 unspecified atom stereocenters. The summed E-state index contributed by atoms with van der Waals surface area (Å²) < 4.78 is 66.7. The van der Waals surface area contributed by atoms with E-state index >= 15 is 0 Å². The number of hydrogen-bond donors (Lipinski definition) is 1. The molecule has 21 heavy (non-hydrogen) atoms. The summed E-state index contributed by atoms with van der Waals surface area (Å²) in [7, 11) is 0. The molecule has 2 nitrogen and oxygen atoms in total. The minimum Gasteiger partial charge on any atom is -0.314 e. The zero-order valence-corrected chi connectivity index (χ0v) is 12.4. The van der Waals surface area contributed by atoms with Gasteiger partial charge in [0.1, 0.15) is 11.9 Å². The predicted molar refractivity (Wildman–Crippen MR) is 74.0 cm³/mol. The van der Waals surface area contributed by atoms with Crippen LogP contribution in [0, 0.1) is 17.5 Å². The number of nitrogens with one attached hydrogen (secondary N) is 1. The molecule has 1 aliphatic heterocycles. The molecule has 122 valence electrons. The average molecular weight is 353 g/mol. The number of rotatable bonds is 3. The second-order valence-electron chi connectivity index (χ2n) is 4.32. The SMILES string of the molecule is Cl.Cl.Fc1ccc(F)c([C@H](C(F)F)N2CCNCC2)c1F. The monoisotopic (exact) mass is 352 g/mol. The maximum absolute atomic E-state index is 13.6. The molecule has 1 aromatic rings. The van der Waals surface area contributed by atoms with Crippen molar-refractivity contribution in [2.45, 2.75) is 12.5 Å². The van der Waals surface area contributed by atoms with Gasteiger partial charge in [0.25, 0.3) is 6.43 Å². The van der Waals surface area contributed by atoms with E-state index in [1.807, 2.05) is 0 Å². The van der Waals surface area contributed by atoms with E-state index in [9.17, 15) is 22.0 Å².